The Bertz CT molecular complexity index is 562. The largest absolute Gasteiger partial charge is 0.353 e. The molecule has 0 unspecified atom stereocenters. The Labute approximate surface area is 142 Å². The van der Waals surface area contributed by atoms with E-state index in [4.69, 9.17) is 0 Å². The van der Waals surface area contributed by atoms with Crippen LogP contribution in [-0.4, -0.2) is 95.9 Å². The van der Waals surface area contributed by atoms with Gasteiger partial charge in [0.2, 0.25) is 6.41 Å². The minimum absolute atomic E-state index is 0.115. The number of aromatic nitrogens is 2. The van der Waals surface area contributed by atoms with Gasteiger partial charge in [-0.2, -0.15) is 0 Å². The Morgan fingerprint density at radius 1 is 1.04 bits per heavy atom. The van der Waals surface area contributed by atoms with Gasteiger partial charge in [-0.3, -0.25) is 9.59 Å². The average Bonchev–Trinajstić information content (AvgIpc) is 2.68. The monoisotopic (exact) mass is 332 g/mol. The molecule has 8 nitrogen and oxygen atoms in total. The number of nitrogens with zero attached hydrogens (tertiary/aromatic N) is 6. The van der Waals surface area contributed by atoms with Gasteiger partial charge in [0.1, 0.15) is 11.5 Å². The Morgan fingerprint density at radius 3 is 2.29 bits per heavy atom. The van der Waals surface area contributed by atoms with Crippen LogP contribution >= 0.6 is 0 Å². The lowest BCUT2D eigenvalue weighted by Crippen LogP contribution is -2.48. The fraction of sp³-hybridized carbons (Fsp3) is 0.625. The number of piperazine rings is 2. The van der Waals surface area contributed by atoms with E-state index in [1.165, 1.54) is 0 Å². The van der Waals surface area contributed by atoms with E-state index in [0.29, 0.717) is 31.9 Å². The second-order valence-electron chi connectivity index (χ2n) is 6.11. The fourth-order valence-electron chi connectivity index (χ4n) is 3.08. The van der Waals surface area contributed by atoms with Crippen LogP contribution in [0.5, 0.6) is 0 Å². The quantitative estimate of drug-likeness (QED) is 0.694. The Hall–Kier alpha value is -2.22. The molecule has 2 saturated heterocycles. The van der Waals surface area contributed by atoms with Crippen molar-refractivity contribution in [2.45, 2.75) is 6.92 Å². The second-order valence-corrected chi connectivity index (χ2v) is 6.11. The molecule has 130 valence electrons. The van der Waals surface area contributed by atoms with Crippen molar-refractivity contribution in [3.05, 3.63) is 18.1 Å². The summed E-state index contributed by atoms with van der Waals surface area (Å²) >= 11 is 0. The molecule has 1 aromatic heterocycles. The van der Waals surface area contributed by atoms with Gasteiger partial charge in [-0.05, 0) is 6.54 Å². The summed E-state index contributed by atoms with van der Waals surface area (Å²) in [5.41, 5.74) is 0.366. The minimum Gasteiger partial charge on any atom is -0.353 e. The number of amides is 2. The van der Waals surface area contributed by atoms with E-state index in [0.717, 1.165) is 45.0 Å². The third kappa shape index (κ3) is 3.64. The maximum Gasteiger partial charge on any atom is 0.274 e. The fourth-order valence-corrected chi connectivity index (χ4v) is 3.08. The van der Waals surface area contributed by atoms with Gasteiger partial charge in [-0.25, -0.2) is 9.97 Å². The van der Waals surface area contributed by atoms with Crippen LogP contribution in [0.25, 0.3) is 0 Å². The van der Waals surface area contributed by atoms with Crippen LogP contribution in [-0.2, 0) is 4.79 Å². The molecule has 0 aromatic carbocycles. The van der Waals surface area contributed by atoms with E-state index >= 15 is 0 Å². The first-order valence-corrected chi connectivity index (χ1v) is 8.49. The number of carbonyl (C=O) groups excluding carboxylic acids is 2. The molecule has 0 spiro atoms. The van der Waals surface area contributed by atoms with Crippen molar-refractivity contribution in [1.82, 2.24) is 24.7 Å². The summed E-state index contributed by atoms with van der Waals surface area (Å²) in [4.78, 5) is 39.9. The summed E-state index contributed by atoms with van der Waals surface area (Å²) in [6, 6.07) is 0. The highest BCUT2D eigenvalue weighted by atomic mass is 16.2. The first kappa shape index (κ1) is 16.6. The van der Waals surface area contributed by atoms with Crippen molar-refractivity contribution in [2.24, 2.45) is 0 Å². The molecular weight excluding hydrogens is 308 g/mol. The van der Waals surface area contributed by atoms with Crippen LogP contribution in [0.2, 0.25) is 0 Å². The standard InChI is InChI=1S/C16H24N6O2/c1-2-19-3-7-21(8-4-19)15-12-17-14(11-18-15)16(24)22-9-5-20(13-23)6-10-22/h11-13H,2-10H2,1H3. The zero-order valence-corrected chi connectivity index (χ0v) is 14.1. The van der Waals surface area contributed by atoms with Crippen molar-refractivity contribution in [1.29, 1.82) is 0 Å². The molecule has 2 amide bonds. The average molecular weight is 332 g/mol. The van der Waals surface area contributed by atoms with E-state index in [1.807, 2.05) is 0 Å². The van der Waals surface area contributed by atoms with Crippen molar-refractivity contribution in [3.63, 3.8) is 0 Å². The highest BCUT2D eigenvalue weighted by molar-refractivity contribution is 5.92. The molecule has 24 heavy (non-hydrogen) atoms. The molecule has 0 bridgehead atoms. The molecule has 3 heterocycles. The normalized spacial score (nSPS) is 19.5. The van der Waals surface area contributed by atoms with E-state index in [-0.39, 0.29) is 5.91 Å². The molecule has 2 aliphatic heterocycles. The van der Waals surface area contributed by atoms with Crippen LogP contribution < -0.4 is 4.90 Å². The Balaban J connectivity index is 1.58. The molecule has 0 N–H and O–H groups in total. The molecular formula is C16H24N6O2. The van der Waals surface area contributed by atoms with Crippen LogP contribution in [0.15, 0.2) is 12.4 Å². The van der Waals surface area contributed by atoms with Gasteiger partial charge in [-0.15, -0.1) is 0 Å². The lowest BCUT2D eigenvalue weighted by Gasteiger charge is -2.34. The third-order valence-corrected chi connectivity index (χ3v) is 4.75. The lowest BCUT2D eigenvalue weighted by molar-refractivity contribution is -0.119. The highest BCUT2D eigenvalue weighted by Crippen LogP contribution is 2.13. The lowest BCUT2D eigenvalue weighted by atomic mass is 10.3. The van der Waals surface area contributed by atoms with Crippen LogP contribution in [0.3, 0.4) is 0 Å². The molecule has 1 aromatic rings. The molecule has 0 radical (unpaired) electrons. The highest BCUT2D eigenvalue weighted by Gasteiger charge is 2.23. The molecule has 8 heteroatoms. The van der Waals surface area contributed by atoms with Gasteiger partial charge in [0.05, 0.1) is 12.4 Å². The third-order valence-electron chi connectivity index (χ3n) is 4.75. The first-order chi connectivity index (χ1) is 11.7. The predicted molar refractivity (Wildman–Crippen MR) is 89.9 cm³/mol. The van der Waals surface area contributed by atoms with Crippen molar-refractivity contribution < 1.29 is 9.59 Å². The smallest absolute Gasteiger partial charge is 0.274 e. The van der Waals surface area contributed by atoms with Crippen LogP contribution in [0.1, 0.15) is 17.4 Å². The van der Waals surface area contributed by atoms with Gasteiger partial charge in [0, 0.05) is 52.4 Å². The molecule has 0 aliphatic carbocycles. The summed E-state index contributed by atoms with van der Waals surface area (Å²) in [6.07, 6.45) is 4.08. The summed E-state index contributed by atoms with van der Waals surface area (Å²) in [5, 5.41) is 0. The number of hydrogen-bond donors (Lipinski definition) is 0. The number of likely N-dealkylation sites (N-methyl/N-ethyl adjacent to an activating group) is 1. The van der Waals surface area contributed by atoms with Gasteiger partial charge in [0.25, 0.3) is 5.91 Å². The molecule has 2 fully saturated rings. The van der Waals surface area contributed by atoms with Crippen molar-refractivity contribution >= 4 is 18.1 Å². The molecule has 3 rings (SSSR count). The topological polar surface area (TPSA) is 72.9 Å². The molecule has 2 aliphatic rings. The number of carbonyl (C=O) groups is 2. The maximum absolute atomic E-state index is 12.5. The second kappa shape index (κ2) is 7.57. The van der Waals surface area contributed by atoms with Gasteiger partial charge < -0.3 is 19.6 Å². The zero-order valence-electron chi connectivity index (χ0n) is 14.1. The van der Waals surface area contributed by atoms with Crippen molar-refractivity contribution in [3.8, 4) is 0 Å². The van der Waals surface area contributed by atoms with Gasteiger partial charge in [-0.1, -0.05) is 6.92 Å². The Kier molecular flexibility index (Phi) is 5.24. The summed E-state index contributed by atoms with van der Waals surface area (Å²) in [5.74, 6) is 0.712. The number of anilines is 1. The zero-order chi connectivity index (χ0) is 16.9. The summed E-state index contributed by atoms with van der Waals surface area (Å²) < 4.78 is 0. The maximum atomic E-state index is 12.5. The van der Waals surface area contributed by atoms with E-state index in [9.17, 15) is 9.59 Å². The SMILES string of the molecule is CCN1CCN(c2cnc(C(=O)N3CCN(C=O)CC3)cn2)CC1. The number of hydrogen-bond acceptors (Lipinski definition) is 6. The molecule has 0 saturated carbocycles. The first-order valence-electron chi connectivity index (χ1n) is 8.49. The van der Waals surface area contributed by atoms with E-state index < -0.39 is 0 Å². The Morgan fingerprint density at radius 2 is 1.75 bits per heavy atom. The van der Waals surface area contributed by atoms with E-state index in [1.54, 1.807) is 22.2 Å². The van der Waals surface area contributed by atoms with Crippen LogP contribution in [0, 0.1) is 0 Å². The van der Waals surface area contributed by atoms with Crippen molar-refractivity contribution in [2.75, 3.05) is 63.8 Å². The minimum atomic E-state index is -0.115. The summed E-state index contributed by atoms with van der Waals surface area (Å²) in [6.45, 7) is 9.40. The van der Waals surface area contributed by atoms with E-state index in [2.05, 4.69) is 26.7 Å². The van der Waals surface area contributed by atoms with Gasteiger partial charge in [0.15, 0.2) is 0 Å². The predicted octanol–water partition coefficient (Wildman–Crippen LogP) is -0.467. The van der Waals surface area contributed by atoms with Crippen LogP contribution in [0.4, 0.5) is 5.82 Å². The van der Waals surface area contributed by atoms with Gasteiger partial charge >= 0.3 is 0 Å². The summed E-state index contributed by atoms with van der Waals surface area (Å²) in [7, 11) is 0. The molecule has 0 atom stereocenters. The number of rotatable bonds is 4.